The van der Waals surface area contributed by atoms with E-state index in [2.05, 4.69) is 15.6 Å². The van der Waals surface area contributed by atoms with Crippen LogP contribution in [0.2, 0.25) is 0 Å². The first kappa shape index (κ1) is 23.6. The number of nitrogens with one attached hydrogen (secondary N) is 2. The van der Waals surface area contributed by atoms with Gasteiger partial charge in [-0.15, -0.1) is 0 Å². The highest BCUT2D eigenvalue weighted by atomic mass is 16.5. The lowest BCUT2D eigenvalue weighted by atomic mass is 10.1. The van der Waals surface area contributed by atoms with Gasteiger partial charge in [0.2, 0.25) is 5.91 Å². The van der Waals surface area contributed by atoms with E-state index in [1.807, 2.05) is 32.0 Å². The average Bonchev–Trinajstić information content (AvgIpc) is 2.67. The van der Waals surface area contributed by atoms with Crippen LogP contribution in [0.25, 0.3) is 0 Å². The Morgan fingerprint density at radius 1 is 1.07 bits per heavy atom. The largest absolute Gasteiger partial charge is 0.490 e. The first-order valence-corrected chi connectivity index (χ1v) is 9.61. The molecular formula is C20H34N4O4. The number of amides is 1. The molecule has 0 aliphatic heterocycles. The Morgan fingerprint density at radius 3 is 2.39 bits per heavy atom. The first-order valence-electron chi connectivity index (χ1n) is 9.61. The predicted octanol–water partition coefficient (Wildman–Crippen LogP) is 1.30. The van der Waals surface area contributed by atoms with Crippen LogP contribution in [0.4, 0.5) is 0 Å². The van der Waals surface area contributed by atoms with Crippen molar-refractivity contribution in [1.82, 2.24) is 15.5 Å². The number of aliphatic imine (C=N–C) groups is 1. The van der Waals surface area contributed by atoms with Gasteiger partial charge >= 0.3 is 0 Å². The van der Waals surface area contributed by atoms with Crippen LogP contribution in [0.3, 0.4) is 0 Å². The topological polar surface area (TPSA) is 84.4 Å². The van der Waals surface area contributed by atoms with Gasteiger partial charge in [-0.2, -0.15) is 0 Å². The van der Waals surface area contributed by atoms with Gasteiger partial charge in [-0.3, -0.25) is 4.79 Å². The summed E-state index contributed by atoms with van der Waals surface area (Å²) in [5, 5.41) is 6.41. The number of hydrogen-bond acceptors (Lipinski definition) is 5. The lowest BCUT2D eigenvalue weighted by molar-refractivity contribution is -0.127. The average molecular weight is 395 g/mol. The van der Waals surface area contributed by atoms with Crippen LogP contribution in [0.1, 0.15) is 19.4 Å². The molecule has 0 aliphatic carbocycles. The minimum absolute atomic E-state index is 0.0549. The zero-order valence-corrected chi connectivity index (χ0v) is 17.7. The number of carbonyl (C=O) groups is 1. The van der Waals surface area contributed by atoms with Crippen molar-refractivity contribution in [3.05, 3.63) is 23.8 Å². The summed E-state index contributed by atoms with van der Waals surface area (Å²) >= 11 is 0. The van der Waals surface area contributed by atoms with Crippen molar-refractivity contribution >= 4 is 11.9 Å². The van der Waals surface area contributed by atoms with Crippen LogP contribution in [-0.2, 0) is 16.0 Å². The minimum atomic E-state index is -0.0549. The van der Waals surface area contributed by atoms with E-state index in [1.165, 1.54) is 4.90 Å². The summed E-state index contributed by atoms with van der Waals surface area (Å²) in [4.78, 5) is 17.6. The fourth-order valence-corrected chi connectivity index (χ4v) is 2.31. The second-order valence-electron chi connectivity index (χ2n) is 6.20. The lowest BCUT2D eigenvalue weighted by Crippen LogP contribution is -2.40. The molecule has 0 bridgehead atoms. The Morgan fingerprint density at radius 2 is 1.75 bits per heavy atom. The van der Waals surface area contributed by atoms with Crippen molar-refractivity contribution in [2.45, 2.75) is 20.3 Å². The number of rotatable bonds is 12. The van der Waals surface area contributed by atoms with E-state index in [1.54, 1.807) is 21.2 Å². The summed E-state index contributed by atoms with van der Waals surface area (Å²) in [6.07, 6.45) is 0.777. The third-order valence-corrected chi connectivity index (χ3v) is 3.78. The number of nitrogens with zero attached hydrogens (tertiary/aromatic N) is 2. The normalized spacial score (nSPS) is 11.1. The Bertz CT molecular complexity index is 620. The van der Waals surface area contributed by atoms with Crippen LogP contribution in [0, 0.1) is 0 Å². The maximum atomic E-state index is 11.8. The van der Waals surface area contributed by atoms with Gasteiger partial charge < -0.3 is 29.7 Å². The van der Waals surface area contributed by atoms with Crippen molar-refractivity contribution in [3.8, 4) is 11.5 Å². The van der Waals surface area contributed by atoms with Crippen molar-refractivity contribution in [2.24, 2.45) is 4.99 Å². The smallest absolute Gasteiger partial charge is 0.243 e. The zero-order valence-electron chi connectivity index (χ0n) is 17.7. The highest BCUT2D eigenvalue weighted by Gasteiger charge is 2.07. The van der Waals surface area contributed by atoms with E-state index in [0.717, 1.165) is 23.5 Å². The molecule has 1 aromatic carbocycles. The van der Waals surface area contributed by atoms with Gasteiger partial charge in [0.05, 0.1) is 19.8 Å². The van der Waals surface area contributed by atoms with Crippen LogP contribution in [-0.4, -0.2) is 77.4 Å². The second-order valence-corrected chi connectivity index (χ2v) is 6.20. The predicted molar refractivity (Wildman–Crippen MR) is 111 cm³/mol. The van der Waals surface area contributed by atoms with Crippen molar-refractivity contribution in [1.29, 1.82) is 0 Å². The lowest BCUT2D eigenvalue weighted by Gasteiger charge is -2.15. The van der Waals surface area contributed by atoms with E-state index >= 15 is 0 Å². The molecule has 0 atom stereocenters. The fraction of sp³-hybridized carbons (Fsp3) is 0.600. The van der Waals surface area contributed by atoms with Crippen LogP contribution in [0.5, 0.6) is 11.5 Å². The summed E-state index contributed by atoms with van der Waals surface area (Å²) in [6.45, 7) is 7.00. The molecule has 0 radical (unpaired) electrons. The molecule has 1 amide bonds. The molecular weight excluding hydrogens is 360 g/mol. The van der Waals surface area contributed by atoms with Crippen molar-refractivity contribution in [2.75, 3.05) is 60.7 Å². The molecule has 0 aromatic heterocycles. The summed E-state index contributed by atoms with van der Waals surface area (Å²) in [7, 11) is 5.07. The molecule has 0 unspecified atom stereocenters. The number of methoxy groups -OCH3 is 1. The van der Waals surface area contributed by atoms with Gasteiger partial charge in [0.1, 0.15) is 6.54 Å². The number of benzene rings is 1. The zero-order chi connectivity index (χ0) is 20.8. The van der Waals surface area contributed by atoms with E-state index in [4.69, 9.17) is 14.2 Å². The van der Waals surface area contributed by atoms with Crippen LogP contribution >= 0.6 is 0 Å². The number of carbonyl (C=O) groups excluding carboxylic acids is 1. The standard InChI is InChI=1S/C20H34N4O4/c1-6-27-17-9-8-16(14-18(17)28-7-2)10-11-21-20(22-12-13-26-5)23-15-19(25)24(3)4/h8-9,14H,6-7,10-13,15H2,1-5H3,(H2,21,22,23). The maximum absolute atomic E-state index is 11.8. The first-order chi connectivity index (χ1) is 13.5. The summed E-state index contributed by atoms with van der Waals surface area (Å²) in [5.74, 6) is 2.04. The SMILES string of the molecule is CCOc1ccc(CCNC(=NCC(=O)N(C)C)NCCOC)cc1OCC. The molecule has 8 nitrogen and oxygen atoms in total. The number of ether oxygens (including phenoxy) is 3. The summed E-state index contributed by atoms with van der Waals surface area (Å²) in [5.41, 5.74) is 1.13. The van der Waals surface area contributed by atoms with Gasteiger partial charge in [-0.1, -0.05) is 6.07 Å². The van der Waals surface area contributed by atoms with Crippen LogP contribution < -0.4 is 20.1 Å². The number of likely N-dealkylation sites (N-methyl/N-ethyl adjacent to an activating group) is 1. The second kappa shape index (κ2) is 13.7. The van der Waals surface area contributed by atoms with E-state index in [-0.39, 0.29) is 12.5 Å². The maximum Gasteiger partial charge on any atom is 0.243 e. The fourth-order valence-electron chi connectivity index (χ4n) is 2.31. The van der Waals surface area contributed by atoms with Gasteiger partial charge in [-0.05, 0) is 38.0 Å². The molecule has 0 saturated heterocycles. The monoisotopic (exact) mass is 394 g/mol. The quantitative estimate of drug-likeness (QED) is 0.316. The van der Waals surface area contributed by atoms with Gasteiger partial charge in [0.25, 0.3) is 0 Å². The van der Waals surface area contributed by atoms with E-state index in [9.17, 15) is 4.79 Å². The summed E-state index contributed by atoms with van der Waals surface area (Å²) < 4.78 is 16.3. The highest BCUT2D eigenvalue weighted by Crippen LogP contribution is 2.28. The summed E-state index contributed by atoms with van der Waals surface area (Å²) in [6, 6.07) is 5.96. The van der Waals surface area contributed by atoms with Gasteiger partial charge in [-0.25, -0.2) is 4.99 Å². The molecule has 8 heteroatoms. The molecule has 0 fully saturated rings. The Hall–Kier alpha value is -2.48. The Labute approximate surface area is 168 Å². The van der Waals surface area contributed by atoms with E-state index in [0.29, 0.717) is 38.9 Å². The van der Waals surface area contributed by atoms with Gasteiger partial charge in [0, 0.05) is 34.3 Å². The number of hydrogen-bond donors (Lipinski definition) is 2. The van der Waals surface area contributed by atoms with E-state index < -0.39 is 0 Å². The van der Waals surface area contributed by atoms with Crippen molar-refractivity contribution < 1.29 is 19.0 Å². The third kappa shape index (κ3) is 8.94. The number of guanidine groups is 1. The minimum Gasteiger partial charge on any atom is -0.490 e. The molecule has 1 aromatic rings. The Balaban J connectivity index is 2.67. The molecule has 158 valence electrons. The third-order valence-electron chi connectivity index (χ3n) is 3.78. The molecule has 2 N–H and O–H groups in total. The Kier molecular flexibility index (Phi) is 11.5. The van der Waals surface area contributed by atoms with Gasteiger partial charge in [0.15, 0.2) is 17.5 Å². The molecule has 0 heterocycles. The van der Waals surface area contributed by atoms with Crippen LogP contribution in [0.15, 0.2) is 23.2 Å². The molecule has 0 aliphatic rings. The van der Waals surface area contributed by atoms with Crippen molar-refractivity contribution in [3.63, 3.8) is 0 Å². The molecule has 0 saturated carbocycles. The molecule has 1 rings (SSSR count). The highest BCUT2D eigenvalue weighted by molar-refractivity contribution is 5.84. The molecule has 0 spiro atoms. The molecule has 28 heavy (non-hydrogen) atoms.